The number of hydrogen-bond acceptors (Lipinski definition) is 2. The standard InChI is InChI=1S/C18H21BrN2O/c1-13-4-3-5-15(10-13)12-20-9-8-18(22)21-17-7-6-16(19)11-14(17)2/h3-7,10-11,20H,8-9,12H2,1-2H3,(H,21,22). The number of rotatable bonds is 6. The Bertz CT molecular complexity index is 655. The van der Waals surface area contributed by atoms with Gasteiger partial charge in [0, 0.05) is 29.7 Å². The van der Waals surface area contributed by atoms with E-state index < -0.39 is 0 Å². The molecule has 0 bridgehead atoms. The van der Waals surface area contributed by atoms with E-state index in [2.05, 4.69) is 57.8 Å². The van der Waals surface area contributed by atoms with Crippen molar-refractivity contribution in [3.63, 3.8) is 0 Å². The SMILES string of the molecule is Cc1cccc(CNCCC(=O)Nc2ccc(Br)cc2C)c1. The van der Waals surface area contributed by atoms with E-state index in [0.717, 1.165) is 22.3 Å². The Morgan fingerprint density at radius 2 is 1.95 bits per heavy atom. The Morgan fingerprint density at radius 3 is 2.68 bits per heavy atom. The van der Waals surface area contributed by atoms with Crippen molar-refractivity contribution in [1.82, 2.24) is 5.32 Å². The first-order valence-electron chi connectivity index (χ1n) is 7.37. The van der Waals surface area contributed by atoms with Gasteiger partial charge in [-0.2, -0.15) is 0 Å². The summed E-state index contributed by atoms with van der Waals surface area (Å²) < 4.78 is 1.02. The fourth-order valence-electron chi connectivity index (χ4n) is 2.24. The quantitative estimate of drug-likeness (QED) is 0.758. The van der Waals surface area contributed by atoms with E-state index in [-0.39, 0.29) is 5.91 Å². The van der Waals surface area contributed by atoms with Crippen molar-refractivity contribution in [2.45, 2.75) is 26.8 Å². The lowest BCUT2D eigenvalue weighted by Gasteiger charge is -2.09. The Kier molecular flexibility index (Phi) is 6.16. The molecule has 0 saturated heterocycles. The van der Waals surface area contributed by atoms with E-state index >= 15 is 0 Å². The van der Waals surface area contributed by atoms with Crippen LogP contribution >= 0.6 is 15.9 Å². The smallest absolute Gasteiger partial charge is 0.225 e. The van der Waals surface area contributed by atoms with Gasteiger partial charge in [0.2, 0.25) is 5.91 Å². The fourth-order valence-corrected chi connectivity index (χ4v) is 2.71. The molecule has 0 heterocycles. The van der Waals surface area contributed by atoms with Gasteiger partial charge in [0.15, 0.2) is 0 Å². The minimum absolute atomic E-state index is 0.0298. The number of nitrogens with one attached hydrogen (secondary N) is 2. The van der Waals surface area contributed by atoms with Crippen molar-refractivity contribution >= 4 is 27.5 Å². The van der Waals surface area contributed by atoms with Crippen LogP contribution in [-0.2, 0) is 11.3 Å². The van der Waals surface area contributed by atoms with Crippen LogP contribution in [0.1, 0.15) is 23.1 Å². The molecule has 0 fully saturated rings. The maximum Gasteiger partial charge on any atom is 0.225 e. The van der Waals surface area contributed by atoms with Crippen LogP contribution in [-0.4, -0.2) is 12.5 Å². The van der Waals surface area contributed by atoms with Crippen LogP contribution in [0.2, 0.25) is 0 Å². The number of aryl methyl sites for hydroxylation is 2. The molecule has 1 amide bonds. The van der Waals surface area contributed by atoms with Crippen LogP contribution in [0.15, 0.2) is 46.9 Å². The lowest BCUT2D eigenvalue weighted by molar-refractivity contribution is -0.116. The Morgan fingerprint density at radius 1 is 1.14 bits per heavy atom. The summed E-state index contributed by atoms with van der Waals surface area (Å²) in [4.78, 5) is 12.0. The van der Waals surface area contributed by atoms with Gasteiger partial charge in [0.1, 0.15) is 0 Å². The van der Waals surface area contributed by atoms with Gasteiger partial charge in [-0.1, -0.05) is 45.8 Å². The molecule has 0 aliphatic rings. The average Bonchev–Trinajstić information content (AvgIpc) is 2.47. The minimum Gasteiger partial charge on any atom is -0.326 e. The van der Waals surface area contributed by atoms with Crippen LogP contribution in [0, 0.1) is 13.8 Å². The lowest BCUT2D eigenvalue weighted by atomic mass is 10.1. The summed E-state index contributed by atoms with van der Waals surface area (Å²) in [5.74, 6) is 0.0298. The van der Waals surface area contributed by atoms with E-state index in [1.54, 1.807) is 0 Å². The summed E-state index contributed by atoms with van der Waals surface area (Å²) in [6.07, 6.45) is 0.460. The lowest BCUT2D eigenvalue weighted by Crippen LogP contribution is -2.21. The van der Waals surface area contributed by atoms with Crippen molar-refractivity contribution < 1.29 is 4.79 Å². The van der Waals surface area contributed by atoms with Gasteiger partial charge in [-0.3, -0.25) is 4.79 Å². The van der Waals surface area contributed by atoms with Gasteiger partial charge in [-0.05, 0) is 43.2 Å². The van der Waals surface area contributed by atoms with Crippen molar-refractivity contribution in [1.29, 1.82) is 0 Å². The molecule has 0 aromatic heterocycles. The minimum atomic E-state index is 0.0298. The summed E-state index contributed by atoms with van der Waals surface area (Å²) >= 11 is 3.42. The van der Waals surface area contributed by atoms with E-state index in [1.165, 1.54) is 11.1 Å². The number of carbonyl (C=O) groups is 1. The predicted octanol–water partition coefficient (Wildman–Crippen LogP) is 4.18. The third kappa shape index (κ3) is 5.28. The van der Waals surface area contributed by atoms with Gasteiger partial charge < -0.3 is 10.6 Å². The fraction of sp³-hybridized carbons (Fsp3) is 0.278. The first-order valence-corrected chi connectivity index (χ1v) is 8.16. The molecule has 116 valence electrons. The Labute approximate surface area is 140 Å². The van der Waals surface area contributed by atoms with Crippen molar-refractivity contribution in [3.05, 3.63) is 63.6 Å². The molecule has 0 aliphatic carbocycles. The topological polar surface area (TPSA) is 41.1 Å². The molecular weight excluding hydrogens is 340 g/mol. The molecule has 2 N–H and O–H groups in total. The third-order valence-electron chi connectivity index (χ3n) is 3.40. The monoisotopic (exact) mass is 360 g/mol. The zero-order valence-corrected chi connectivity index (χ0v) is 14.5. The summed E-state index contributed by atoms with van der Waals surface area (Å²) in [5, 5.41) is 6.25. The summed E-state index contributed by atoms with van der Waals surface area (Å²) in [7, 11) is 0. The number of benzene rings is 2. The second-order valence-electron chi connectivity index (χ2n) is 5.42. The molecule has 0 aliphatic heterocycles. The zero-order valence-electron chi connectivity index (χ0n) is 12.9. The van der Waals surface area contributed by atoms with Crippen molar-refractivity contribution in [2.75, 3.05) is 11.9 Å². The number of carbonyl (C=O) groups excluding carboxylic acids is 1. The van der Waals surface area contributed by atoms with E-state index in [4.69, 9.17) is 0 Å². The molecule has 0 unspecified atom stereocenters. The third-order valence-corrected chi connectivity index (χ3v) is 3.90. The molecule has 0 spiro atoms. The highest BCUT2D eigenvalue weighted by atomic mass is 79.9. The summed E-state index contributed by atoms with van der Waals surface area (Å²) in [5.41, 5.74) is 4.41. The second-order valence-corrected chi connectivity index (χ2v) is 6.34. The zero-order chi connectivity index (χ0) is 15.9. The van der Waals surface area contributed by atoms with Gasteiger partial charge in [0.05, 0.1) is 0 Å². The Balaban J connectivity index is 1.74. The highest BCUT2D eigenvalue weighted by molar-refractivity contribution is 9.10. The maximum absolute atomic E-state index is 12.0. The molecule has 0 atom stereocenters. The Hall–Kier alpha value is -1.65. The number of halogens is 1. The van der Waals surface area contributed by atoms with Crippen LogP contribution in [0.4, 0.5) is 5.69 Å². The first kappa shape index (κ1) is 16.7. The predicted molar refractivity (Wildman–Crippen MR) is 95.0 cm³/mol. The highest BCUT2D eigenvalue weighted by Crippen LogP contribution is 2.20. The summed E-state index contributed by atoms with van der Waals surface area (Å²) in [6.45, 7) is 5.51. The van der Waals surface area contributed by atoms with Crippen molar-refractivity contribution in [3.8, 4) is 0 Å². The molecule has 0 radical (unpaired) electrons. The first-order chi connectivity index (χ1) is 10.5. The number of hydrogen-bond donors (Lipinski definition) is 2. The number of amides is 1. The molecule has 4 heteroatoms. The normalized spacial score (nSPS) is 10.5. The van der Waals surface area contributed by atoms with Crippen LogP contribution in [0.3, 0.4) is 0 Å². The van der Waals surface area contributed by atoms with Gasteiger partial charge in [-0.25, -0.2) is 0 Å². The molecule has 3 nitrogen and oxygen atoms in total. The van der Waals surface area contributed by atoms with E-state index in [0.29, 0.717) is 13.0 Å². The molecule has 0 saturated carbocycles. The van der Waals surface area contributed by atoms with Crippen LogP contribution in [0.25, 0.3) is 0 Å². The van der Waals surface area contributed by atoms with Crippen molar-refractivity contribution in [2.24, 2.45) is 0 Å². The van der Waals surface area contributed by atoms with E-state index in [1.807, 2.05) is 25.1 Å². The maximum atomic E-state index is 12.0. The molecule has 2 aromatic rings. The van der Waals surface area contributed by atoms with Gasteiger partial charge in [-0.15, -0.1) is 0 Å². The van der Waals surface area contributed by atoms with Gasteiger partial charge >= 0.3 is 0 Å². The molecule has 2 aromatic carbocycles. The largest absolute Gasteiger partial charge is 0.326 e. The molecular formula is C18H21BrN2O. The molecule has 2 rings (SSSR count). The molecule has 22 heavy (non-hydrogen) atoms. The summed E-state index contributed by atoms with van der Waals surface area (Å²) in [6, 6.07) is 14.2. The van der Waals surface area contributed by atoms with E-state index in [9.17, 15) is 4.79 Å². The number of anilines is 1. The average molecular weight is 361 g/mol. The van der Waals surface area contributed by atoms with Crippen LogP contribution in [0.5, 0.6) is 0 Å². The van der Waals surface area contributed by atoms with Gasteiger partial charge in [0.25, 0.3) is 0 Å². The van der Waals surface area contributed by atoms with Crippen LogP contribution < -0.4 is 10.6 Å². The highest BCUT2D eigenvalue weighted by Gasteiger charge is 2.05. The second kappa shape index (κ2) is 8.11.